The van der Waals surface area contributed by atoms with E-state index >= 15 is 0 Å². The van der Waals surface area contributed by atoms with Crippen LogP contribution >= 0.6 is 0 Å². The Morgan fingerprint density at radius 1 is 1.04 bits per heavy atom. The first kappa shape index (κ1) is 17.0. The van der Waals surface area contributed by atoms with Gasteiger partial charge in [0.25, 0.3) is 0 Å². The van der Waals surface area contributed by atoms with Crippen molar-refractivity contribution in [2.24, 2.45) is 5.92 Å². The number of amides is 2. The molecule has 0 aliphatic carbocycles. The second-order valence-electron chi connectivity index (χ2n) is 7.39. The van der Waals surface area contributed by atoms with Gasteiger partial charge in [0, 0.05) is 13.1 Å². The number of benzene rings is 2. The second-order valence-corrected chi connectivity index (χ2v) is 7.39. The van der Waals surface area contributed by atoms with Crippen molar-refractivity contribution in [3.63, 3.8) is 0 Å². The zero-order valence-corrected chi connectivity index (χ0v) is 15.1. The molecule has 0 bridgehead atoms. The van der Waals surface area contributed by atoms with Crippen LogP contribution in [-0.4, -0.2) is 36.7 Å². The topological polar surface area (TPSA) is 41.6 Å². The van der Waals surface area contributed by atoms with Crippen molar-refractivity contribution in [1.82, 2.24) is 10.2 Å². The minimum atomic E-state index is 0.0520. The summed E-state index contributed by atoms with van der Waals surface area (Å²) in [5.74, 6) is 1.62. The molecule has 4 rings (SSSR count). The third-order valence-corrected chi connectivity index (χ3v) is 5.48. The lowest BCUT2D eigenvalue weighted by Gasteiger charge is -2.34. The standard InChI is InChI=1S/C22H26N2O2/c25-22(23-20-15-19-8-4-5-9-21(19)26-16-20)24-12-10-18(11-13-24)14-17-6-2-1-3-7-17/h1-9,18,20H,10-16H2,(H,23,25)/t20-/m0/s1. The maximum atomic E-state index is 12.6. The Balaban J connectivity index is 1.25. The minimum Gasteiger partial charge on any atom is -0.491 e. The number of nitrogens with zero attached hydrogens (tertiary/aromatic N) is 1. The van der Waals surface area contributed by atoms with Crippen LogP contribution in [0.3, 0.4) is 0 Å². The number of rotatable bonds is 3. The highest BCUT2D eigenvalue weighted by atomic mass is 16.5. The smallest absolute Gasteiger partial charge is 0.317 e. The molecule has 0 aromatic heterocycles. The summed E-state index contributed by atoms with van der Waals surface area (Å²) in [6, 6.07) is 18.8. The Kier molecular flexibility index (Phi) is 5.09. The van der Waals surface area contributed by atoms with Gasteiger partial charge >= 0.3 is 6.03 Å². The first-order valence-corrected chi connectivity index (χ1v) is 9.58. The van der Waals surface area contributed by atoms with Gasteiger partial charge in [-0.25, -0.2) is 4.79 Å². The normalized spacial score (nSPS) is 20.2. The van der Waals surface area contributed by atoms with E-state index in [4.69, 9.17) is 4.74 Å². The van der Waals surface area contributed by atoms with Crippen LogP contribution in [0.1, 0.15) is 24.0 Å². The van der Waals surface area contributed by atoms with Crippen molar-refractivity contribution in [2.75, 3.05) is 19.7 Å². The van der Waals surface area contributed by atoms with Crippen LogP contribution < -0.4 is 10.1 Å². The molecular formula is C22H26N2O2. The molecule has 2 heterocycles. The van der Waals surface area contributed by atoms with Crippen molar-refractivity contribution in [3.05, 3.63) is 65.7 Å². The number of hydrogen-bond acceptors (Lipinski definition) is 2. The molecule has 0 unspecified atom stereocenters. The van der Waals surface area contributed by atoms with Crippen molar-refractivity contribution >= 4 is 6.03 Å². The number of hydrogen-bond donors (Lipinski definition) is 1. The predicted octanol–water partition coefficient (Wildman–Crippen LogP) is 3.65. The van der Waals surface area contributed by atoms with Crippen LogP contribution in [-0.2, 0) is 12.8 Å². The van der Waals surface area contributed by atoms with Gasteiger partial charge in [-0.15, -0.1) is 0 Å². The summed E-state index contributed by atoms with van der Waals surface area (Å²) < 4.78 is 5.77. The number of piperidine rings is 1. The van der Waals surface area contributed by atoms with Crippen LogP contribution in [0.2, 0.25) is 0 Å². The van der Waals surface area contributed by atoms with Gasteiger partial charge in [-0.05, 0) is 48.8 Å². The summed E-state index contributed by atoms with van der Waals surface area (Å²) in [5.41, 5.74) is 2.57. The summed E-state index contributed by atoms with van der Waals surface area (Å²) >= 11 is 0. The summed E-state index contributed by atoms with van der Waals surface area (Å²) in [6.45, 7) is 2.23. The Hall–Kier alpha value is -2.49. The predicted molar refractivity (Wildman–Crippen MR) is 102 cm³/mol. The number of nitrogens with one attached hydrogen (secondary N) is 1. The molecule has 2 aromatic rings. The summed E-state index contributed by atoms with van der Waals surface area (Å²) in [4.78, 5) is 14.6. The number of fused-ring (bicyclic) bond motifs is 1. The molecule has 0 radical (unpaired) electrons. The lowest BCUT2D eigenvalue weighted by molar-refractivity contribution is 0.159. The van der Waals surface area contributed by atoms with Gasteiger partial charge < -0.3 is 15.0 Å². The monoisotopic (exact) mass is 350 g/mol. The van der Waals surface area contributed by atoms with E-state index < -0.39 is 0 Å². The fourth-order valence-electron chi connectivity index (χ4n) is 3.97. The molecule has 1 atom stereocenters. The minimum absolute atomic E-state index is 0.0520. The van der Waals surface area contributed by atoms with E-state index in [2.05, 4.69) is 41.7 Å². The Labute approximate surface area is 155 Å². The lowest BCUT2D eigenvalue weighted by Crippen LogP contribution is -2.51. The van der Waals surface area contributed by atoms with E-state index in [0.29, 0.717) is 12.5 Å². The number of carbonyl (C=O) groups is 1. The molecule has 136 valence electrons. The number of urea groups is 1. The Bertz CT molecular complexity index is 739. The second kappa shape index (κ2) is 7.81. The third-order valence-electron chi connectivity index (χ3n) is 5.48. The highest BCUT2D eigenvalue weighted by molar-refractivity contribution is 5.74. The van der Waals surface area contributed by atoms with Gasteiger partial charge in [0.2, 0.25) is 0 Å². The molecule has 1 saturated heterocycles. The van der Waals surface area contributed by atoms with Crippen LogP contribution in [0.25, 0.3) is 0 Å². The van der Waals surface area contributed by atoms with E-state index in [1.807, 2.05) is 23.1 Å². The van der Waals surface area contributed by atoms with E-state index in [0.717, 1.165) is 44.5 Å². The molecule has 26 heavy (non-hydrogen) atoms. The average Bonchev–Trinajstić information content (AvgIpc) is 2.69. The molecular weight excluding hydrogens is 324 g/mol. The number of ether oxygens (including phenoxy) is 1. The van der Waals surface area contributed by atoms with Crippen molar-refractivity contribution in [1.29, 1.82) is 0 Å². The Morgan fingerprint density at radius 2 is 1.77 bits per heavy atom. The van der Waals surface area contributed by atoms with Crippen molar-refractivity contribution in [3.8, 4) is 5.75 Å². The molecule has 0 saturated carbocycles. The molecule has 2 aliphatic heterocycles. The molecule has 1 N–H and O–H groups in total. The molecule has 1 fully saturated rings. The summed E-state index contributed by atoms with van der Waals surface area (Å²) in [6.07, 6.45) is 4.11. The largest absolute Gasteiger partial charge is 0.491 e. The molecule has 0 spiro atoms. The molecule has 2 aromatic carbocycles. The summed E-state index contributed by atoms with van der Waals surface area (Å²) in [7, 11) is 0. The zero-order chi connectivity index (χ0) is 17.8. The SMILES string of the molecule is O=C(N[C@@H]1COc2ccccc2C1)N1CCC(Cc2ccccc2)CC1. The van der Waals surface area contributed by atoms with Crippen LogP contribution in [0, 0.1) is 5.92 Å². The fourth-order valence-corrected chi connectivity index (χ4v) is 3.97. The molecule has 4 heteroatoms. The quantitative estimate of drug-likeness (QED) is 0.918. The van der Waals surface area contributed by atoms with Gasteiger partial charge in [0.15, 0.2) is 0 Å². The van der Waals surface area contributed by atoms with Gasteiger partial charge in [-0.3, -0.25) is 0 Å². The molecule has 4 nitrogen and oxygen atoms in total. The fraction of sp³-hybridized carbons (Fsp3) is 0.409. The average molecular weight is 350 g/mol. The van der Waals surface area contributed by atoms with Gasteiger partial charge in [-0.2, -0.15) is 0 Å². The first-order chi connectivity index (χ1) is 12.8. The van der Waals surface area contributed by atoms with Crippen LogP contribution in [0.5, 0.6) is 5.75 Å². The molecule has 2 amide bonds. The zero-order valence-electron chi connectivity index (χ0n) is 15.1. The summed E-state index contributed by atoms with van der Waals surface area (Å²) in [5, 5.41) is 3.16. The number of likely N-dealkylation sites (tertiary alicyclic amines) is 1. The van der Waals surface area contributed by atoms with E-state index in [-0.39, 0.29) is 12.1 Å². The highest BCUT2D eigenvalue weighted by Gasteiger charge is 2.26. The Morgan fingerprint density at radius 3 is 2.58 bits per heavy atom. The maximum Gasteiger partial charge on any atom is 0.317 e. The first-order valence-electron chi connectivity index (χ1n) is 9.58. The van der Waals surface area contributed by atoms with Gasteiger partial charge in [0.1, 0.15) is 12.4 Å². The number of para-hydroxylation sites is 1. The van der Waals surface area contributed by atoms with Crippen LogP contribution in [0.15, 0.2) is 54.6 Å². The highest BCUT2D eigenvalue weighted by Crippen LogP contribution is 2.25. The van der Waals surface area contributed by atoms with E-state index in [9.17, 15) is 4.79 Å². The van der Waals surface area contributed by atoms with Crippen molar-refractivity contribution < 1.29 is 9.53 Å². The van der Waals surface area contributed by atoms with E-state index in [1.54, 1.807) is 0 Å². The van der Waals surface area contributed by atoms with Crippen LogP contribution in [0.4, 0.5) is 4.79 Å². The number of carbonyl (C=O) groups excluding carboxylic acids is 1. The third kappa shape index (κ3) is 4.01. The lowest BCUT2D eigenvalue weighted by atomic mass is 9.90. The maximum absolute atomic E-state index is 12.6. The molecule has 2 aliphatic rings. The van der Waals surface area contributed by atoms with E-state index in [1.165, 1.54) is 11.1 Å². The van der Waals surface area contributed by atoms with Gasteiger partial charge in [-0.1, -0.05) is 48.5 Å². The van der Waals surface area contributed by atoms with Gasteiger partial charge in [0.05, 0.1) is 6.04 Å². The van der Waals surface area contributed by atoms with Crippen molar-refractivity contribution in [2.45, 2.75) is 31.7 Å².